The molecule has 2 rings (SSSR count). The van der Waals surface area contributed by atoms with Crippen LogP contribution in [0, 0.1) is 0 Å². The fourth-order valence-corrected chi connectivity index (χ4v) is 2.45. The zero-order valence-corrected chi connectivity index (χ0v) is 11.8. The van der Waals surface area contributed by atoms with E-state index < -0.39 is 17.8 Å². The summed E-state index contributed by atoms with van der Waals surface area (Å²) in [5, 5.41) is 12.0. The first-order valence-electron chi connectivity index (χ1n) is 6.78. The van der Waals surface area contributed by atoms with Crippen LogP contribution < -0.4 is 10.2 Å². The van der Waals surface area contributed by atoms with Crippen molar-refractivity contribution in [1.29, 1.82) is 0 Å². The van der Waals surface area contributed by atoms with Crippen LogP contribution in [0.15, 0.2) is 18.2 Å². The van der Waals surface area contributed by atoms with Crippen molar-refractivity contribution in [2.75, 3.05) is 38.3 Å². The SMILES string of the molecule is CNCc1ccc(N2CCOC(CO)C2)c(C(F)(F)F)c1. The van der Waals surface area contributed by atoms with E-state index in [0.29, 0.717) is 25.3 Å². The van der Waals surface area contributed by atoms with Crippen LogP contribution in [-0.2, 0) is 17.5 Å². The smallest absolute Gasteiger partial charge is 0.394 e. The number of ether oxygens (including phenoxy) is 1. The van der Waals surface area contributed by atoms with Gasteiger partial charge in [0.25, 0.3) is 0 Å². The molecule has 1 fully saturated rings. The number of morpholine rings is 1. The third kappa shape index (κ3) is 3.87. The summed E-state index contributed by atoms with van der Waals surface area (Å²) >= 11 is 0. The molecule has 2 N–H and O–H groups in total. The van der Waals surface area contributed by atoms with Crippen LogP contribution in [0.5, 0.6) is 0 Å². The molecule has 1 saturated heterocycles. The number of hydrogen-bond donors (Lipinski definition) is 2. The van der Waals surface area contributed by atoms with E-state index in [9.17, 15) is 13.2 Å². The summed E-state index contributed by atoms with van der Waals surface area (Å²) in [5.74, 6) is 0. The predicted octanol–water partition coefficient (Wildman–Crippen LogP) is 1.62. The number of alkyl halides is 3. The molecule has 1 aliphatic heterocycles. The van der Waals surface area contributed by atoms with E-state index in [1.807, 2.05) is 0 Å². The second kappa shape index (κ2) is 6.64. The van der Waals surface area contributed by atoms with Gasteiger partial charge in [-0.25, -0.2) is 0 Å². The molecular formula is C14H19F3N2O2. The maximum absolute atomic E-state index is 13.3. The number of aliphatic hydroxyl groups is 1. The lowest BCUT2D eigenvalue weighted by atomic mass is 10.1. The zero-order chi connectivity index (χ0) is 15.5. The molecule has 1 aromatic carbocycles. The number of rotatable bonds is 4. The third-order valence-electron chi connectivity index (χ3n) is 3.43. The Bertz CT molecular complexity index is 480. The van der Waals surface area contributed by atoms with E-state index in [0.717, 1.165) is 0 Å². The van der Waals surface area contributed by atoms with E-state index in [1.54, 1.807) is 18.0 Å². The van der Waals surface area contributed by atoms with Gasteiger partial charge in [-0.05, 0) is 24.7 Å². The van der Waals surface area contributed by atoms with Gasteiger partial charge in [0.15, 0.2) is 0 Å². The molecule has 0 radical (unpaired) electrons. The Kier molecular flexibility index (Phi) is 5.08. The zero-order valence-electron chi connectivity index (χ0n) is 11.8. The van der Waals surface area contributed by atoms with Gasteiger partial charge in [-0.1, -0.05) is 6.07 Å². The van der Waals surface area contributed by atoms with E-state index >= 15 is 0 Å². The molecule has 1 atom stereocenters. The molecule has 1 aromatic rings. The summed E-state index contributed by atoms with van der Waals surface area (Å²) in [6.07, 6.45) is -4.86. The van der Waals surface area contributed by atoms with Crippen LogP contribution in [-0.4, -0.2) is 44.6 Å². The minimum absolute atomic E-state index is 0.143. The summed E-state index contributed by atoms with van der Waals surface area (Å²) in [5.41, 5.74) is 0.0819. The normalized spacial score (nSPS) is 19.9. The van der Waals surface area contributed by atoms with Gasteiger partial charge in [-0.3, -0.25) is 0 Å². The van der Waals surface area contributed by atoms with Crippen LogP contribution in [0.4, 0.5) is 18.9 Å². The maximum Gasteiger partial charge on any atom is 0.418 e. The van der Waals surface area contributed by atoms with Crippen molar-refractivity contribution in [2.45, 2.75) is 18.8 Å². The molecular weight excluding hydrogens is 285 g/mol. The first kappa shape index (κ1) is 16.1. The maximum atomic E-state index is 13.3. The number of benzene rings is 1. The molecule has 0 aliphatic carbocycles. The first-order valence-corrected chi connectivity index (χ1v) is 6.78. The van der Waals surface area contributed by atoms with Crippen LogP contribution in [0.2, 0.25) is 0 Å². The fourth-order valence-electron chi connectivity index (χ4n) is 2.45. The monoisotopic (exact) mass is 304 g/mol. The van der Waals surface area contributed by atoms with Gasteiger partial charge in [0.1, 0.15) is 0 Å². The van der Waals surface area contributed by atoms with Gasteiger partial charge in [-0.2, -0.15) is 13.2 Å². The first-order chi connectivity index (χ1) is 9.95. The molecule has 1 heterocycles. The molecule has 0 amide bonds. The summed E-state index contributed by atoms with van der Waals surface area (Å²) in [4.78, 5) is 1.62. The van der Waals surface area contributed by atoms with Crippen molar-refractivity contribution >= 4 is 5.69 Å². The Balaban J connectivity index is 2.33. The third-order valence-corrected chi connectivity index (χ3v) is 3.43. The van der Waals surface area contributed by atoms with Crippen LogP contribution in [0.1, 0.15) is 11.1 Å². The predicted molar refractivity (Wildman–Crippen MR) is 73.2 cm³/mol. The fraction of sp³-hybridized carbons (Fsp3) is 0.571. The molecule has 4 nitrogen and oxygen atoms in total. The number of nitrogens with zero attached hydrogens (tertiary/aromatic N) is 1. The minimum atomic E-state index is -4.41. The molecule has 7 heteroatoms. The second-order valence-corrected chi connectivity index (χ2v) is 5.00. The number of nitrogens with one attached hydrogen (secondary N) is 1. The van der Waals surface area contributed by atoms with Crippen LogP contribution >= 0.6 is 0 Å². The molecule has 0 bridgehead atoms. The Hall–Kier alpha value is -1.31. The van der Waals surface area contributed by atoms with Gasteiger partial charge in [0, 0.05) is 25.3 Å². The van der Waals surface area contributed by atoms with Crippen molar-refractivity contribution < 1.29 is 23.0 Å². The van der Waals surface area contributed by atoms with Gasteiger partial charge in [0.2, 0.25) is 0 Å². The molecule has 0 spiro atoms. The molecule has 21 heavy (non-hydrogen) atoms. The highest BCUT2D eigenvalue weighted by Crippen LogP contribution is 2.37. The lowest BCUT2D eigenvalue weighted by molar-refractivity contribution is -0.137. The Labute approximate surface area is 121 Å². The van der Waals surface area contributed by atoms with Crippen molar-refractivity contribution in [3.05, 3.63) is 29.3 Å². The highest BCUT2D eigenvalue weighted by Gasteiger charge is 2.36. The van der Waals surface area contributed by atoms with Gasteiger partial charge in [-0.15, -0.1) is 0 Å². The summed E-state index contributed by atoms with van der Waals surface area (Å²) in [6, 6.07) is 4.36. The molecule has 118 valence electrons. The number of aliphatic hydroxyl groups excluding tert-OH is 1. The quantitative estimate of drug-likeness (QED) is 0.887. The highest BCUT2D eigenvalue weighted by molar-refractivity contribution is 5.57. The summed E-state index contributed by atoms with van der Waals surface area (Å²) in [6.45, 7) is 1.12. The van der Waals surface area contributed by atoms with E-state index in [4.69, 9.17) is 9.84 Å². The van der Waals surface area contributed by atoms with Crippen LogP contribution in [0.25, 0.3) is 0 Å². The Morgan fingerprint density at radius 2 is 2.19 bits per heavy atom. The second-order valence-electron chi connectivity index (χ2n) is 5.00. The average molecular weight is 304 g/mol. The van der Waals surface area contributed by atoms with Crippen molar-refractivity contribution in [1.82, 2.24) is 5.32 Å². The summed E-state index contributed by atoms with van der Waals surface area (Å²) < 4.78 is 45.1. The van der Waals surface area contributed by atoms with E-state index in [1.165, 1.54) is 12.1 Å². The van der Waals surface area contributed by atoms with Crippen LogP contribution in [0.3, 0.4) is 0 Å². The van der Waals surface area contributed by atoms with Gasteiger partial charge >= 0.3 is 6.18 Å². The average Bonchev–Trinajstić information content (AvgIpc) is 2.47. The molecule has 0 aromatic heterocycles. The van der Waals surface area contributed by atoms with Crippen molar-refractivity contribution in [3.8, 4) is 0 Å². The van der Waals surface area contributed by atoms with Crippen molar-refractivity contribution in [3.63, 3.8) is 0 Å². The number of anilines is 1. The Morgan fingerprint density at radius 1 is 1.43 bits per heavy atom. The van der Waals surface area contributed by atoms with Gasteiger partial charge < -0.3 is 20.1 Å². The largest absolute Gasteiger partial charge is 0.418 e. The number of halogens is 3. The highest BCUT2D eigenvalue weighted by atomic mass is 19.4. The molecule has 1 unspecified atom stereocenters. The number of hydrogen-bond acceptors (Lipinski definition) is 4. The Morgan fingerprint density at radius 3 is 2.81 bits per heavy atom. The lowest BCUT2D eigenvalue weighted by Crippen LogP contribution is -2.44. The molecule has 0 saturated carbocycles. The minimum Gasteiger partial charge on any atom is -0.394 e. The lowest BCUT2D eigenvalue weighted by Gasteiger charge is -2.35. The van der Waals surface area contributed by atoms with E-state index in [-0.39, 0.29) is 18.8 Å². The molecule has 1 aliphatic rings. The van der Waals surface area contributed by atoms with Crippen molar-refractivity contribution in [2.24, 2.45) is 0 Å². The van der Waals surface area contributed by atoms with E-state index in [2.05, 4.69) is 5.32 Å². The van der Waals surface area contributed by atoms with Gasteiger partial charge in [0.05, 0.1) is 24.9 Å². The summed E-state index contributed by atoms with van der Waals surface area (Å²) in [7, 11) is 1.69. The topological polar surface area (TPSA) is 44.7 Å². The standard InChI is InChI=1S/C14H19F3N2O2/c1-18-7-10-2-3-13(12(6-10)14(15,16)17)19-4-5-21-11(8-19)9-20/h2-3,6,11,18,20H,4-5,7-9H2,1H3.